The third-order valence-electron chi connectivity index (χ3n) is 4.68. The molecular weight excluding hydrogens is 368 g/mol. The monoisotopic (exact) mass is 406 g/mol. The number of amides is 1. The van der Waals surface area contributed by atoms with Crippen molar-refractivity contribution in [3.8, 4) is 0 Å². The first-order chi connectivity index (χ1) is 13.9. The molecule has 1 amide bonds. The summed E-state index contributed by atoms with van der Waals surface area (Å²) in [6.07, 6.45) is 7.98. The van der Waals surface area contributed by atoms with Gasteiger partial charge < -0.3 is 14.8 Å². The van der Waals surface area contributed by atoms with Crippen LogP contribution in [0.1, 0.15) is 70.3 Å². The molecule has 0 aromatic carbocycles. The third-order valence-corrected chi connectivity index (χ3v) is 4.68. The Bertz CT molecular complexity index is 570. The highest BCUT2D eigenvalue weighted by Gasteiger charge is 2.22. The van der Waals surface area contributed by atoms with E-state index >= 15 is 0 Å². The largest absolute Gasteiger partial charge is 0.377 e. The van der Waals surface area contributed by atoms with Gasteiger partial charge in [-0.2, -0.15) is 0 Å². The second-order valence-corrected chi connectivity index (χ2v) is 7.89. The number of carbonyl (C=O) groups excluding carboxylic acids is 2. The Labute approximate surface area is 175 Å². The summed E-state index contributed by atoms with van der Waals surface area (Å²) < 4.78 is 10.6. The minimum Gasteiger partial charge on any atom is -0.377 e. The van der Waals surface area contributed by atoms with Crippen LogP contribution in [0.2, 0.25) is 0 Å². The number of pyridine rings is 1. The molecule has 1 aromatic rings. The van der Waals surface area contributed by atoms with Gasteiger partial charge in [-0.15, -0.1) is 0 Å². The highest BCUT2D eigenvalue weighted by atomic mass is 16.5. The predicted octanol–water partition coefficient (Wildman–Crippen LogP) is 4.04. The van der Waals surface area contributed by atoms with Crippen molar-refractivity contribution in [2.75, 3.05) is 26.4 Å². The first-order valence-electron chi connectivity index (χ1n) is 10.8. The minimum atomic E-state index is -0.183. The van der Waals surface area contributed by atoms with Crippen molar-refractivity contribution in [1.82, 2.24) is 10.3 Å². The molecule has 0 bridgehead atoms. The lowest BCUT2D eigenvalue weighted by Gasteiger charge is -2.21. The molecule has 6 nitrogen and oxygen atoms in total. The van der Waals surface area contributed by atoms with Gasteiger partial charge in [0.05, 0.1) is 25.9 Å². The molecule has 0 unspecified atom stereocenters. The van der Waals surface area contributed by atoms with E-state index in [4.69, 9.17) is 9.47 Å². The molecule has 29 heavy (non-hydrogen) atoms. The number of ketones is 1. The summed E-state index contributed by atoms with van der Waals surface area (Å²) in [5.41, 5.74) is 0.417. The summed E-state index contributed by atoms with van der Waals surface area (Å²) in [7, 11) is 0. The lowest BCUT2D eigenvalue weighted by atomic mass is 9.83. The quantitative estimate of drug-likeness (QED) is 0.593. The van der Waals surface area contributed by atoms with E-state index < -0.39 is 0 Å². The minimum absolute atomic E-state index is 0.183. The normalized spacial score (nSPS) is 14.4. The predicted molar refractivity (Wildman–Crippen MR) is 115 cm³/mol. The highest BCUT2D eigenvalue weighted by molar-refractivity contribution is 5.92. The van der Waals surface area contributed by atoms with Crippen LogP contribution >= 0.6 is 0 Å². The summed E-state index contributed by atoms with van der Waals surface area (Å²) in [6.45, 7) is 10.0. The van der Waals surface area contributed by atoms with Crippen LogP contribution in [0.3, 0.4) is 0 Å². The number of rotatable bonds is 10. The van der Waals surface area contributed by atoms with Crippen molar-refractivity contribution in [2.45, 2.75) is 65.9 Å². The van der Waals surface area contributed by atoms with Gasteiger partial charge in [0.1, 0.15) is 11.5 Å². The Morgan fingerprint density at radius 2 is 1.79 bits per heavy atom. The van der Waals surface area contributed by atoms with Crippen molar-refractivity contribution < 1.29 is 19.1 Å². The van der Waals surface area contributed by atoms with Gasteiger partial charge in [0.2, 0.25) is 0 Å². The molecule has 1 aromatic heterocycles. The van der Waals surface area contributed by atoms with Crippen molar-refractivity contribution in [3.63, 3.8) is 0 Å². The zero-order valence-corrected chi connectivity index (χ0v) is 18.5. The van der Waals surface area contributed by atoms with Crippen LogP contribution in [0.4, 0.5) is 0 Å². The number of carbonyl (C=O) groups is 2. The Balaban J connectivity index is 0.000000326. The number of hydrogen-bond acceptors (Lipinski definition) is 5. The van der Waals surface area contributed by atoms with Gasteiger partial charge in [-0.1, -0.05) is 39.2 Å². The molecule has 0 saturated heterocycles. The fourth-order valence-corrected chi connectivity index (χ4v) is 3.13. The maximum atomic E-state index is 11.6. The fourth-order valence-electron chi connectivity index (χ4n) is 3.13. The van der Waals surface area contributed by atoms with Gasteiger partial charge >= 0.3 is 0 Å². The van der Waals surface area contributed by atoms with Crippen molar-refractivity contribution >= 4 is 11.7 Å². The molecule has 0 aliphatic heterocycles. The van der Waals surface area contributed by atoms with E-state index in [1.807, 2.05) is 27.7 Å². The second kappa shape index (κ2) is 15.1. The maximum Gasteiger partial charge on any atom is 0.269 e. The molecule has 1 heterocycles. The average molecular weight is 407 g/mol. The molecule has 6 heteroatoms. The van der Waals surface area contributed by atoms with E-state index in [0.717, 1.165) is 12.8 Å². The third kappa shape index (κ3) is 11.7. The van der Waals surface area contributed by atoms with Gasteiger partial charge in [-0.3, -0.25) is 14.6 Å². The van der Waals surface area contributed by atoms with Crippen LogP contribution in [-0.2, 0) is 14.3 Å². The first-order valence-corrected chi connectivity index (χ1v) is 10.8. The van der Waals surface area contributed by atoms with Gasteiger partial charge in [0.25, 0.3) is 5.91 Å². The molecule has 0 atom stereocenters. The Morgan fingerprint density at radius 1 is 1.07 bits per heavy atom. The summed E-state index contributed by atoms with van der Waals surface area (Å²) in [5, 5.41) is 2.73. The Kier molecular flexibility index (Phi) is 13.1. The number of Topliss-reactive ketones (excluding diaryl/α,β-unsaturated/α-hetero) is 1. The van der Waals surface area contributed by atoms with E-state index in [0.29, 0.717) is 43.8 Å². The SMILES string of the molecule is CC(C)C(=O)C1CCCCC1.CC(C)OCCOCCNC(=O)c1ccccn1. The number of nitrogens with one attached hydrogen (secondary N) is 1. The lowest BCUT2D eigenvalue weighted by Crippen LogP contribution is -2.28. The van der Waals surface area contributed by atoms with Gasteiger partial charge in [0.15, 0.2) is 0 Å². The summed E-state index contributed by atoms with van der Waals surface area (Å²) in [5.74, 6) is 0.962. The topological polar surface area (TPSA) is 77.5 Å². The fraction of sp³-hybridized carbons (Fsp3) is 0.696. The van der Waals surface area contributed by atoms with Crippen LogP contribution < -0.4 is 5.32 Å². The summed E-state index contributed by atoms with van der Waals surface area (Å²) in [6, 6.07) is 5.23. The van der Waals surface area contributed by atoms with E-state index in [1.54, 1.807) is 24.4 Å². The van der Waals surface area contributed by atoms with Crippen LogP contribution in [0.5, 0.6) is 0 Å². The molecule has 0 radical (unpaired) electrons. The average Bonchev–Trinajstić information content (AvgIpc) is 2.73. The van der Waals surface area contributed by atoms with Gasteiger partial charge in [-0.25, -0.2) is 0 Å². The van der Waals surface area contributed by atoms with Crippen molar-refractivity contribution in [3.05, 3.63) is 30.1 Å². The first kappa shape index (κ1) is 25.2. The number of nitrogens with zero attached hydrogens (tertiary/aromatic N) is 1. The van der Waals surface area contributed by atoms with E-state index in [-0.39, 0.29) is 17.9 Å². The van der Waals surface area contributed by atoms with Crippen molar-refractivity contribution in [2.24, 2.45) is 11.8 Å². The van der Waals surface area contributed by atoms with Crippen LogP contribution in [0.25, 0.3) is 0 Å². The van der Waals surface area contributed by atoms with Gasteiger partial charge in [0, 0.05) is 24.6 Å². The molecule has 1 fully saturated rings. The number of hydrogen-bond donors (Lipinski definition) is 1. The highest BCUT2D eigenvalue weighted by Crippen LogP contribution is 2.26. The van der Waals surface area contributed by atoms with E-state index in [9.17, 15) is 9.59 Å². The zero-order chi connectivity index (χ0) is 21.5. The second-order valence-electron chi connectivity index (χ2n) is 7.89. The molecule has 2 rings (SSSR count). The van der Waals surface area contributed by atoms with E-state index in [2.05, 4.69) is 10.3 Å². The molecular formula is C23H38N2O4. The molecule has 0 spiro atoms. The van der Waals surface area contributed by atoms with E-state index in [1.165, 1.54) is 19.3 Å². The molecule has 1 N–H and O–H groups in total. The maximum absolute atomic E-state index is 11.6. The molecule has 1 aliphatic carbocycles. The molecule has 164 valence electrons. The smallest absolute Gasteiger partial charge is 0.269 e. The molecule has 1 aliphatic rings. The van der Waals surface area contributed by atoms with Gasteiger partial charge in [-0.05, 0) is 38.8 Å². The van der Waals surface area contributed by atoms with Crippen LogP contribution in [0, 0.1) is 11.8 Å². The lowest BCUT2D eigenvalue weighted by molar-refractivity contribution is -0.126. The number of aromatic nitrogens is 1. The summed E-state index contributed by atoms with van der Waals surface area (Å²) in [4.78, 5) is 27.0. The Hall–Kier alpha value is -1.79. The summed E-state index contributed by atoms with van der Waals surface area (Å²) >= 11 is 0. The Morgan fingerprint density at radius 3 is 2.38 bits per heavy atom. The molecule has 1 saturated carbocycles. The van der Waals surface area contributed by atoms with Crippen molar-refractivity contribution in [1.29, 1.82) is 0 Å². The van der Waals surface area contributed by atoms with Crippen LogP contribution in [0.15, 0.2) is 24.4 Å². The van der Waals surface area contributed by atoms with Crippen LogP contribution in [-0.4, -0.2) is 49.1 Å². The zero-order valence-electron chi connectivity index (χ0n) is 18.5. The number of ether oxygens (including phenoxy) is 2. The standard InChI is InChI=1S/C13H20N2O3.C10H18O/c1-11(2)18-10-9-17-8-7-15-13(16)12-5-3-4-6-14-12;1-8(2)10(11)9-6-4-3-5-7-9/h3-6,11H,7-10H2,1-2H3,(H,15,16);8-9H,3-7H2,1-2H3.